The third-order valence-electron chi connectivity index (χ3n) is 4.19. The highest BCUT2D eigenvalue weighted by molar-refractivity contribution is 8.18. The van der Waals surface area contributed by atoms with Crippen molar-refractivity contribution in [2.75, 3.05) is 13.6 Å². The van der Waals surface area contributed by atoms with Crippen molar-refractivity contribution in [2.45, 2.75) is 33.1 Å². The van der Waals surface area contributed by atoms with Crippen LogP contribution in [0.3, 0.4) is 0 Å². The number of hydrogen-bond acceptors (Lipinski definition) is 5. The Labute approximate surface area is 177 Å². The van der Waals surface area contributed by atoms with Gasteiger partial charge in [0.2, 0.25) is 0 Å². The topological polar surface area (TPSA) is 82.5 Å². The molecule has 1 amide bonds. The van der Waals surface area contributed by atoms with E-state index >= 15 is 0 Å². The van der Waals surface area contributed by atoms with Crippen molar-refractivity contribution < 1.29 is 4.79 Å². The summed E-state index contributed by atoms with van der Waals surface area (Å²) >= 11 is 1.40. The van der Waals surface area contributed by atoms with Gasteiger partial charge in [-0.1, -0.05) is 38.2 Å². The molecule has 1 saturated heterocycles. The second-order valence-corrected chi connectivity index (χ2v) is 7.23. The summed E-state index contributed by atoms with van der Waals surface area (Å²) in [5.74, 6) is 0.310. The maximum absolute atomic E-state index is 12.2. The Morgan fingerprint density at radius 2 is 2.24 bits per heavy atom. The SMILES string of the molecule is CC.CN=C/C=C\C1C=CC=C(/C=C2\SC(=NCCc3cnc[nH]3)NC2=O)CC1. The molecule has 1 aliphatic heterocycles. The van der Waals surface area contributed by atoms with Gasteiger partial charge in [0.25, 0.3) is 5.91 Å². The first-order chi connectivity index (χ1) is 14.2. The third kappa shape index (κ3) is 7.69. The van der Waals surface area contributed by atoms with E-state index in [1.165, 1.54) is 11.8 Å². The smallest absolute Gasteiger partial charge is 0.264 e. The molecule has 3 rings (SSSR count). The number of aliphatic imine (C=N–C) groups is 2. The number of carbonyl (C=O) groups excluding carboxylic acids is 1. The zero-order chi connectivity index (χ0) is 20.9. The number of H-pyrrole nitrogens is 1. The van der Waals surface area contributed by atoms with Crippen LogP contribution in [0.15, 0.2) is 69.4 Å². The summed E-state index contributed by atoms with van der Waals surface area (Å²) in [6, 6.07) is 0. The number of imidazole rings is 1. The van der Waals surface area contributed by atoms with Crippen molar-refractivity contribution in [3.63, 3.8) is 0 Å². The zero-order valence-electron chi connectivity index (χ0n) is 17.3. The van der Waals surface area contributed by atoms with E-state index in [-0.39, 0.29) is 5.91 Å². The predicted octanol–water partition coefficient (Wildman–Crippen LogP) is 4.23. The number of rotatable bonds is 6. The number of nitrogens with one attached hydrogen (secondary N) is 2. The molecule has 1 atom stereocenters. The fraction of sp³-hybridized carbons (Fsp3) is 0.364. The normalized spacial score (nSPS) is 22.1. The number of hydrogen-bond donors (Lipinski definition) is 2. The molecule has 2 aliphatic rings. The Hall–Kier alpha value is -2.67. The Morgan fingerprint density at radius 3 is 3.00 bits per heavy atom. The number of amidine groups is 1. The number of aromatic amines is 1. The fourth-order valence-corrected chi connectivity index (χ4v) is 3.63. The van der Waals surface area contributed by atoms with Crippen LogP contribution in [0.5, 0.6) is 0 Å². The molecule has 0 radical (unpaired) electrons. The molecule has 2 N–H and O–H groups in total. The van der Waals surface area contributed by atoms with Gasteiger partial charge < -0.3 is 10.3 Å². The zero-order valence-corrected chi connectivity index (χ0v) is 18.1. The summed E-state index contributed by atoms with van der Waals surface area (Å²) in [6.45, 7) is 4.61. The van der Waals surface area contributed by atoms with Gasteiger partial charge in [0.15, 0.2) is 5.17 Å². The maximum atomic E-state index is 12.2. The van der Waals surface area contributed by atoms with E-state index in [4.69, 9.17) is 0 Å². The van der Waals surface area contributed by atoms with Gasteiger partial charge in [0, 0.05) is 38.1 Å². The molecule has 1 aromatic rings. The fourth-order valence-electron chi connectivity index (χ4n) is 2.76. The van der Waals surface area contributed by atoms with E-state index in [0.717, 1.165) is 30.5 Å². The van der Waals surface area contributed by atoms with E-state index < -0.39 is 0 Å². The molecule has 7 heteroatoms. The van der Waals surface area contributed by atoms with Crippen LogP contribution in [0.1, 0.15) is 32.4 Å². The first-order valence-electron chi connectivity index (χ1n) is 9.93. The van der Waals surface area contributed by atoms with E-state index in [9.17, 15) is 4.79 Å². The monoisotopic (exact) mass is 411 g/mol. The van der Waals surface area contributed by atoms with Gasteiger partial charge in [0.05, 0.1) is 11.2 Å². The molecule has 1 fully saturated rings. The second kappa shape index (κ2) is 12.7. The highest BCUT2D eigenvalue weighted by Crippen LogP contribution is 2.28. The lowest BCUT2D eigenvalue weighted by molar-refractivity contribution is -0.115. The van der Waals surface area contributed by atoms with Crippen LogP contribution in [-0.4, -0.2) is 40.8 Å². The molecule has 0 aromatic carbocycles. The van der Waals surface area contributed by atoms with Crippen LogP contribution < -0.4 is 5.32 Å². The molecule has 1 unspecified atom stereocenters. The number of aromatic nitrogens is 2. The second-order valence-electron chi connectivity index (χ2n) is 6.20. The average Bonchev–Trinajstić information content (AvgIpc) is 3.30. The van der Waals surface area contributed by atoms with Crippen LogP contribution in [0, 0.1) is 5.92 Å². The molecule has 0 spiro atoms. The van der Waals surface area contributed by atoms with Crippen LogP contribution in [0.25, 0.3) is 0 Å². The quantitative estimate of drug-likeness (QED) is 0.543. The van der Waals surface area contributed by atoms with Crippen molar-refractivity contribution in [3.8, 4) is 0 Å². The third-order valence-corrected chi connectivity index (χ3v) is 5.13. The van der Waals surface area contributed by atoms with Crippen molar-refractivity contribution >= 4 is 29.1 Å². The van der Waals surface area contributed by atoms with Gasteiger partial charge in [-0.25, -0.2) is 4.98 Å². The van der Waals surface area contributed by atoms with Crippen molar-refractivity contribution in [3.05, 3.63) is 65.2 Å². The van der Waals surface area contributed by atoms with Gasteiger partial charge in [-0.05, 0) is 48.2 Å². The van der Waals surface area contributed by atoms with Gasteiger partial charge in [-0.3, -0.25) is 14.8 Å². The van der Waals surface area contributed by atoms with E-state index in [1.54, 1.807) is 25.8 Å². The van der Waals surface area contributed by atoms with Crippen LogP contribution in [0.4, 0.5) is 0 Å². The Morgan fingerprint density at radius 1 is 1.38 bits per heavy atom. The molecule has 1 aliphatic carbocycles. The molecule has 154 valence electrons. The largest absolute Gasteiger partial charge is 0.348 e. The van der Waals surface area contributed by atoms with Crippen LogP contribution in [0.2, 0.25) is 0 Å². The van der Waals surface area contributed by atoms with Crippen LogP contribution >= 0.6 is 11.8 Å². The summed E-state index contributed by atoms with van der Waals surface area (Å²) in [5.41, 5.74) is 2.19. The highest BCUT2D eigenvalue weighted by atomic mass is 32.2. The Kier molecular flexibility index (Phi) is 9.92. The predicted molar refractivity (Wildman–Crippen MR) is 123 cm³/mol. The summed E-state index contributed by atoms with van der Waals surface area (Å²) in [5, 5.41) is 3.50. The van der Waals surface area contributed by atoms with Gasteiger partial charge in [-0.15, -0.1) is 0 Å². The van der Waals surface area contributed by atoms with E-state index in [0.29, 0.717) is 22.5 Å². The van der Waals surface area contributed by atoms with Crippen molar-refractivity contribution in [2.24, 2.45) is 15.9 Å². The Bertz CT molecular complexity index is 831. The number of carbonyl (C=O) groups is 1. The van der Waals surface area contributed by atoms with Gasteiger partial charge in [-0.2, -0.15) is 0 Å². The molecule has 0 bridgehead atoms. The lowest BCUT2D eigenvalue weighted by atomic mass is 10.0. The number of nitrogens with zero attached hydrogens (tertiary/aromatic N) is 3. The lowest BCUT2D eigenvalue weighted by Gasteiger charge is -2.05. The molecular formula is C22H29N5OS. The summed E-state index contributed by atoms with van der Waals surface area (Å²) in [7, 11) is 1.76. The molecular weight excluding hydrogens is 382 g/mol. The first kappa shape index (κ1) is 22.6. The van der Waals surface area contributed by atoms with Gasteiger partial charge >= 0.3 is 0 Å². The summed E-state index contributed by atoms with van der Waals surface area (Å²) in [6.07, 6.45) is 20.4. The minimum atomic E-state index is -0.0787. The molecule has 2 heterocycles. The van der Waals surface area contributed by atoms with E-state index in [1.807, 2.05) is 26.0 Å². The highest BCUT2D eigenvalue weighted by Gasteiger charge is 2.23. The van der Waals surface area contributed by atoms with Crippen molar-refractivity contribution in [1.29, 1.82) is 0 Å². The molecule has 1 aromatic heterocycles. The average molecular weight is 412 g/mol. The molecule has 6 nitrogen and oxygen atoms in total. The van der Waals surface area contributed by atoms with Crippen molar-refractivity contribution in [1.82, 2.24) is 15.3 Å². The minimum absolute atomic E-state index is 0.0787. The van der Waals surface area contributed by atoms with Crippen LogP contribution in [-0.2, 0) is 11.2 Å². The minimum Gasteiger partial charge on any atom is -0.348 e. The maximum Gasteiger partial charge on any atom is 0.264 e. The summed E-state index contributed by atoms with van der Waals surface area (Å²) in [4.78, 5) is 28.4. The Balaban J connectivity index is 0.00000145. The lowest BCUT2D eigenvalue weighted by Crippen LogP contribution is -2.20. The standard InChI is InChI=1S/C20H23N5OS.C2H6/c1-21-10-3-6-15-4-2-5-16(8-7-15)12-18-19(26)25-20(27-18)23-11-9-17-13-22-14-24-17;1-2/h2-6,10,12-15H,7-9,11H2,1H3,(H,22,24)(H,23,25,26);1-2H3/b6-3-,18-12-,21-10?;. The number of allylic oxidation sites excluding steroid dienone is 7. The van der Waals surface area contributed by atoms with Gasteiger partial charge in [0.1, 0.15) is 0 Å². The number of thioether (sulfide) groups is 1. The van der Waals surface area contributed by atoms with E-state index in [2.05, 4.69) is 49.6 Å². The number of amides is 1. The molecule has 0 saturated carbocycles. The summed E-state index contributed by atoms with van der Waals surface area (Å²) < 4.78 is 0. The molecule has 29 heavy (non-hydrogen) atoms. The first-order valence-corrected chi connectivity index (χ1v) is 10.7.